The summed E-state index contributed by atoms with van der Waals surface area (Å²) < 4.78 is 1.81. The van der Waals surface area contributed by atoms with Gasteiger partial charge in [0, 0.05) is 36.2 Å². The second-order valence-electron chi connectivity index (χ2n) is 6.72. The standard InChI is InChI=1S/C18H22N4O/c1-13(14-2-3-14)22(16-4-5-16)18(23)12-21-17(8-11-20-21)15-6-9-19-10-7-15/h6-11,13-14,16H,2-5,12H2,1H3/t13-/m0/s1. The quantitative estimate of drug-likeness (QED) is 0.824. The molecule has 0 bridgehead atoms. The first-order valence-corrected chi connectivity index (χ1v) is 8.47. The first-order valence-electron chi connectivity index (χ1n) is 8.47. The van der Waals surface area contributed by atoms with Crippen molar-refractivity contribution in [1.29, 1.82) is 0 Å². The van der Waals surface area contributed by atoms with Gasteiger partial charge in [0.1, 0.15) is 6.54 Å². The summed E-state index contributed by atoms with van der Waals surface area (Å²) in [5, 5.41) is 4.36. The molecule has 4 rings (SSSR count). The SMILES string of the molecule is C[C@@H](C1CC1)N(C(=O)Cn1nccc1-c1ccncc1)C1CC1. The minimum atomic E-state index is 0.200. The van der Waals surface area contributed by atoms with Crippen molar-refractivity contribution < 1.29 is 4.79 Å². The number of amides is 1. The zero-order chi connectivity index (χ0) is 15.8. The summed E-state index contributed by atoms with van der Waals surface area (Å²) in [6, 6.07) is 6.68. The van der Waals surface area contributed by atoms with E-state index in [-0.39, 0.29) is 5.91 Å². The number of hydrogen-bond donors (Lipinski definition) is 0. The summed E-state index contributed by atoms with van der Waals surface area (Å²) in [5.74, 6) is 0.905. The summed E-state index contributed by atoms with van der Waals surface area (Å²) >= 11 is 0. The van der Waals surface area contributed by atoms with Gasteiger partial charge in [0.15, 0.2) is 0 Å². The lowest BCUT2D eigenvalue weighted by Gasteiger charge is -2.29. The minimum absolute atomic E-state index is 0.200. The summed E-state index contributed by atoms with van der Waals surface area (Å²) in [7, 11) is 0. The molecule has 0 radical (unpaired) electrons. The molecule has 2 aromatic heterocycles. The van der Waals surface area contributed by atoms with E-state index in [1.165, 1.54) is 12.8 Å². The zero-order valence-electron chi connectivity index (χ0n) is 13.4. The Kier molecular flexibility index (Phi) is 3.63. The predicted octanol–water partition coefficient (Wildman–Crippen LogP) is 2.73. The second kappa shape index (κ2) is 5.80. The monoisotopic (exact) mass is 310 g/mol. The maximum Gasteiger partial charge on any atom is 0.244 e. The Morgan fingerprint density at radius 1 is 1.22 bits per heavy atom. The summed E-state index contributed by atoms with van der Waals surface area (Å²) in [5.41, 5.74) is 2.01. The van der Waals surface area contributed by atoms with Gasteiger partial charge in [0.2, 0.25) is 5.91 Å². The van der Waals surface area contributed by atoms with Gasteiger partial charge in [0.25, 0.3) is 0 Å². The van der Waals surface area contributed by atoms with E-state index in [2.05, 4.69) is 21.9 Å². The highest BCUT2D eigenvalue weighted by molar-refractivity contribution is 5.78. The molecule has 2 heterocycles. The first-order chi connectivity index (χ1) is 11.2. The van der Waals surface area contributed by atoms with Gasteiger partial charge in [-0.1, -0.05) is 0 Å². The first kappa shape index (κ1) is 14.4. The van der Waals surface area contributed by atoms with Crippen LogP contribution in [0.2, 0.25) is 0 Å². The van der Waals surface area contributed by atoms with Crippen molar-refractivity contribution in [1.82, 2.24) is 19.7 Å². The lowest BCUT2D eigenvalue weighted by Crippen LogP contribution is -2.43. The van der Waals surface area contributed by atoms with Crippen LogP contribution in [-0.4, -0.2) is 37.7 Å². The van der Waals surface area contributed by atoms with Gasteiger partial charge >= 0.3 is 0 Å². The van der Waals surface area contributed by atoms with Crippen LogP contribution in [0.1, 0.15) is 32.6 Å². The maximum absolute atomic E-state index is 12.9. The number of aromatic nitrogens is 3. The normalized spacial score (nSPS) is 18.7. The van der Waals surface area contributed by atoms with E-state index in [1.807, 2.05) is 22.9 Å². The smallest absolute Gasteiger partial charge is 0.244 e. The number of carbonyl (C=O) groups excluding carboxylic acids is 1. The van der Waals surface area contributed by atoms with Crippen molar-refractivity contribution in [2.75, 3.05) is 0 Å². The number of pyridine rings is 1. The van der Waals surface area contributed by atoms with Gasteiger partial charge in [-0.05, 0) is 56.7 Å². The minimum Gasteiger partial charge on any atom is -0.335 e. The van der Waals surface area contributed by atoms with Crippen molar-refractivity contribution in [3.63, 3.8) is 0 Å². The van der Waals surface area contributed by atoms with Crippen molar-refractivity contribution in [2.24, 2.45) is 5.92 Å². The molecule has 2 aliphatic rings. The highest BCUT2D eigenvalue weighted by Crippen LogP contribution is 2.39. The van der Waals surface area contributed by atoms with Crippen molar-refractivity contribution >= 4 is 5.91 Å². The summed E-state index contributed by atoms with van der Waals surface area (Å²) in [6.07, 6.45) is 10.1. The molecular formula is C18H22N4O. The lowest BCUT2D eigenvalue weighted by molar-refractivity contribution is -0.135. The second-order valence-corrected chi connectivity index (χ2v) is 6.72. The third-order valence-electron chi connectivity index (χ3n) is 4.95. The van der Waals surface area contributed by atoms with Gasteiger partial charge in [-0.2, -0.15) is 5.10 Å². The van der Waals surface area contributed by atoms with Gasteiger partial charge in [0.05, 0.1) is 5.69 Å². The van der Waals surface area contributed by atoms with Gasteiger partial charge < -0.3 is 4.90 Å². The highest BCUT2D eigenvalue weighted by Gasteiger charge is 2.41. The van der Waals surface area contributed by atoms with Crippen LogP contribution in [0.5, 0.6) is 0 Å². The number of hydrogen-bond acceptors (Lipinski definition) is 3. The van der Waals surface area contributed by atoms with Crippen LogP contribution in [0, 0.1) is 5.92 Å². The van der Waals surface area contributed by atoms with Gasteiger partial charge in [-0.25, -0.2) is 0 Å². The Hall–Kier alpha value is -2.17. The molecule has 0 aliphatic heterocycles. The maximum atomic E-state index is 12.9. The molecule has 0 aromatic carbocycles. The van der Waals surface area contributed by atoms with Crippen LogP contribution in [0.15, 0.2) is 36.8 Å². The van der Waals surface area contributed by atoms with Crippen LogP contribution in [0.25, 0.3) is 11.3 Å². The van der Waals surface area contributed by atoms with E-state index in [9.17, 15) is 4.79 Å². The average molecular weight is 310 g/mol. The Bertz CT molecular complexity index is 688. The van der Waals surface area contributed by atoms with Gasteiger partial charge in [-0.15, -0.1) is 0 Å². The van der Waals surface area contributed by atoms with Crippen LogP contribution in [0.3, 0.4) is 0 Å². The molecule has 2 fully saturated rings. The van der Waals surface area contributed by atoms with E-state index < -0.39 is 0 Å². The summed E-state index contributed by atoms with van der Waals surface area (Å²) in [4.78, 5) is 19.1. The molecule has 1 atom stereocenters. The fourth-order valence-electron chi connectivity index (χ4n) is 3.36. The Balaban J connectivity index is 1.53. The van der Waals surface area contributed by atoms with E-state index >= 15 is 0 Å². The largest absolute Gasteiger partial charge is 0.335 e. The van der Waals surface area contributed by atoms with E-state index in [1.54, 1.807) is 18.6 Å². The lowest BCUT2D eigenvalue weighted by atomic mass is 10.1. The molecule has 5 nitrogen and oxygen atoms in total. The Morgan fingerprint density at radius 2 is 1.96 bits per heavy atom. The Morgan fingerprint density at radius 3 is 2.61 bits per heavy atom. The molecule has 1 amide bonds. The molecule has 0 N–H and O–H groups in total. The molecule has 120 valence electrons. The predicted molar refractivity (Wildman–Crippen MR) is 87.5 cm³/mol. The van der Waals surface area contributed by atoms with Crippen LogP contribution < -0.4 is 0 Å². The molecule has 0 unspecified atom stereocenters. The Labute approximate surface area is 136 Å². The van der Waals surface area contributed by atoms with Crippen molar-refractivity contribution in [3.05, 3.63) is 36.8 Å². The van der Waals surface area contributed by atoms with Crippen LogP contribution >= 0.6 is 0 Å². The fraction of sp³-hybridized carbons (Fsp3) is 0.500. The highest BCUT2D eigenvalue weighted by atomic mass is 16.2. The third-order valence-corrected chi connectivity index (χ3v) is 4.95. The number of nitrogens with zero attached hydrogens (tertiary/aromatic N) is 4. The van der Waals surface area contributed by atoms with Crippen molar-refractivity contribution in [2.45, 2.75) is 51.2 Å². The molecule has 2 saturated carbocycles. The van der Waals surface area contributed by atoms with Crippen LogP contribution in [-0.2, 0) is 11.3 Å². The van der Waals surface area contributed by atoms with Crippen LogP contribution in [0.4, 0.5) is 0 Å². The molecule has 0 spiro atoms. The topological polar surface area (TPSA) is 51.0 Å². The fourth-order valence-corrected chi connectivity index (χ4v) is 3.36. The number of carbonyl (C=O) groups is 1. The molecule has 5 heteroatoms. The molecule has 2 aromatic rings. The molecule has 0 saturated heterocycles. The number of rotatable bonds is 6. The van der Waals surface area contributed by atoms with Crippen molar-refractivity contribution in [3.8, 4) is 11.3 Å². The molecule has 23 heavy (non-hydrogen) atoms. The molecular weight excluding hydrogens is 288 g/mol. The third kappa shape index (κ3) is 3.00. The van der Waals surface area contributed by atoms with E-state index in [0.29, 0.717) is 24.5 Å². The van der Waals surface area contributed by atoms with E-state index in [4.69, 9.17) is 0 Å². The summed E-state index contributed by atoms with van der Waals surface area (Å²) in [6.45, 7) is 2.53. The zero-order valence-corrected chi connectivity index (χ0v) is 13.4. The van der Waals surface area contributed by atoms with Gasteiger partial charge in [-0.3, -0.25) is 14.5 Å². The average Bonchev–Trinajstić information content (AvgIpc) is 3.47. The van der Waals surface area contributed by atoms with E-state index in [0.717, 1.165) is 24.1 Å². The molecule has 2 aliphatic carbocycles.